The molecule has 0 aliphatic heterocycles. The van der Waals surface area contributed by atoms with Gasteiger partial charge in [0.25, 0.3) is 0 Å². The first-order chi connectivity index (χ1) is 8.22. The minimum Gasteiger partial charge on any atom is -0.374 e. The molecule has 1 aromatic rings. The second-order valence-electron chi connectivity index (χ2n) is 4.25. The molecule has 1 aliphatic rings. The summed E-state index contributed by atoms with van der Waals surface area (Å²) in [5, 5.41) is 0.567. The summed E-state index contributed by atoms with van der Waals surface area (Å²) in [5.74, 6) is 1.27. The Bertz CT molecular complexity index is 394. The van der Waals surface area contributed by atoms with E-state index in [-0.39, 0.29) is 0 Å². The zero-order chi connectivity index (χ0) is 12.3. The fourth-order valence-electron chi connectivity index (χ4n) is 2.21. The Morgan fingerprint density at radius 1 is 1.35 bits per heavy atom. The zero-order valence-electron chi connectivity index (χ0n) is 9.88. The lowest BCUT2D eigenvalue weighted by atomic mass is 10.0. The first kappa shape index (κ1) is 13.5. The van der Waals surface area contributed by atoms with Gasteiger partial charge in [0.05, 0.1) is 9.26 Å². The SMILES string of the molecule is CCOCc1nc(Cl)c(I)c(C2CCCC2)n1. The quantitative estimate of drug-likeness (QED) is 0.598. The molecule has 0 atom stereocenters. The van der Waals surface area contributed by atoms with Crippen LogP contribution in [0.25, 0.3) is 0 Å². The molecule has 94 valence electrons. The predicted octanol–water partition coefficient (Wildman–Crippen LogP) is 3.93. The van der Waals surface area contributed by atoms with Crippen LogP contribution in [0.1, 0.15) is 50.0 Å². The van der Waals surface area contributed by atoms with Crippen molar-refractivity contribution in [2.45, 2.75) is 45.1 Å². The van der Waals surface area contributed by atoms with Crippen LogP contribution < -0.4 is 0 Å². The third-order valence-corrected chi connectivity index (χ3v) is 4.72. The maximum absolute atomic E-state index is 6.16. The molecule has 1 aliphatic carbocycles. The molecule has 1 fully saturated rings. The summed E-state index contributed by atoms with van der Waals surface area (Å²) >= 11 is 8.41. The van der Waals surface area contributed by atoms with Crippen LogP contribution in [-0.4, -0.2) is 16.6 Å². The number of hydrogen-bond acceptors (Lipinski definition) is 3. The van der Waals surface area contributed by atoms with Gasteiger partial charge in [0.15, 0.2) is 5.82 Å². The Morgan fingerprint density at radius 3 is 2.71 bits per heavy atom. The van der Waals surface area contributed by atoms with Crippen LogP contribution in [0.3, 0.4) is 0 Å². The summed E-state index contributed by atoms with van der Waals surface area (Å²) in [6.07, 6.45) is 5.03. The molecule has 1 heterocycles. The van der Waals surface area contributed by atoms with Gasteiger partial charge >= 0.3 is 0 Å². The number of hydrogen-bond donors (Lipinski definition) is 0. The topological polar surface area (TPSA) is 35.0 Å². The summed E-state index contributed by atoms with van der Waals surface area (Å²) in [6.45, 7) is 3.09. The van der Waals surface area contributed by atoms with Crippen LogP contribution in [0, 0.1) is 3.57 Å². The molecule has 0 aromatic carbocycles. The van der Waals surface area contributed by atoms with E-state index < -0.39 is 0 Å². The number of rotatable bonds is 4. The van der Waals surface area contributed by atoms with E-state index in [1.807, 2.05) is 6.92 Å². The minimum absolute atomic E-state index is 0.451. The van der Waals surface area contributed by atoms with Crippen LogP contribution in [0.15, 0.2) is 0 Å². The van der Waals surface area contributed by atoms with Gasteiger partial charge in [-0.1, -0.05) is 24.4 Å². The number of ether oxygens (including phenoxy) is 1. The molecule has 0 radical (unpaired) electrons. The highest BCUT2D eigenvalue weighted by Gasteiger charge is 2.23. The average Bonchev–Trinajstić information content (AvgIpc) is 2.84. The highest BCUT2D eigenvalue weighted by atomic mass is 127. The van der Waals surface area contributed by atoms with Crippen molar-refractivity contribution in [3.63, 3.8) is 0 Å². The van der Waals surface area contributed by atoms with Crippen LogP contribution in [0.5, 0.6) is 0 Å². The molecule has 0 saturated heterocycles. The van der Waals surface area contributed by atoms with Crippen LogP contribution >= 0.6 is 34.2 Å². The highest BCUT2D eigenvalue weighted by molar-refractivity contribution is 14.1. The van der Waals surface area contributed by atoms with Gasteiger partial charge in [-0.3, -0.25) is 0 Å². The van der Waals surface area contributed by atoms with E-state index in [0.717, 1.165) is 9.26 Å². The van der Waals surface area contributed by atoms with Crippen molar-refractivity contribution in [3.05, 3.63) is 20.2 Å². The van der Waals surface area contributed by atoms with Gasteiger partial charge in [-0.05, 0) is 42.4 Å². The van der Waals surface area contributed by atoms with E-state index in [1.165, 1.54) is 25.7 Å². The van der Waals surface area contributed by atoms with Gasteiger partial charge < -0.3 is 4.74 Å². The van der Waals surface area contributed by atoms with Crippen molar-refractivity contribution in [1.82, 2.24) is 9.97 Å². The van der Waals surface area contributed by atoms with Gasteiger partial charge in [-0.25, -0.2) is 9.97 Å². The van der Waals surface area contributed by atoms with Crippen molar-refractivity contribution < 1.29 is 4.74 Å². The van der Waals surface area contributed by atoms with Crippen molar-refractivity contribution in [2.24, 2.45) is 0 Å². The van der Waals surface area contributed by atoms with Gasteiger partial charge in [-0.15, -0.1) is 0 Å². The molecular formula is C12H16ClIN2O. The van der Waals surface area contributed by atoms with Crippen molar-refractivity contribution >= 4 is 34.2 Å². The Hall–Kier alpha value is 0.0600. The molecule has 0 bridgehead atoms. The second kappa shape index (κ2) is 6.29. The maximum Gasteiger partial charge on any atom is 0.156 e. The standard InChI is InChI=1S/C12H16ClIN2O/c1-2-17-7-9-15-11(8-5-3-4-6-8)10(14)12(13)16-9/h8H,2-7H2,1H3. The summed E-state index contributed by atoms with van der Waals surface area (Å²) < 4.78 is 6.36. The Balaban J connectivity index is 2.25. The summed E-state index contributed by atoms with van der Waals surface area (Å²) in [6, 6.07) is 0. The molecule has 17 heavy (non-hydrogen) atoms. The Labute approximate surface area is 120 Å². The smallest absolute Gasteiger partial charge is 0.156 e. The number of nitrogens with zero attached hydrogens (tertiary/aromatic N) is 2. The van der Waals surface area contributed by atoms with Gasteiger partial charge in [0, 0.05) is 12.5 Å². The fourth-order valence-corrected chi connectivity index (χ4v) is 3.08. The van der Waals surface area contributed by atoms with Gasteiger partial charge in [0.2, 0.25) is 0 Å². The third-order valence-electron chi connectivity index (χ3n) is 3.06. The molecule has 5 heteroatoms. The molecule has 3 nitrogen and oxygen atoms in total. The molecule has 0 spiro atoms. The minimum atomic E-state index is 0.451. The van der Waals surface area contributed by atoms with E-state index >= 15 is 0 Å². The second-order valence-corrected chi connectivity index (χ2v) is 5.69. The highest BCUT2D eigenvalue weighted by Crippen LogP contribution is 2.36. The largest absolute Gasteiger partial charge is 0.374 e. The van der Waals surface area contributed by atoms with Gasteiger partial charge in [-0.2, -0.15) is 0 Å². The first-order valence-electron chi connectivity index (χ1n) is 6.02. The van der Waals surface area contributed by atoms with E-state index in [2.05, 4.69) is 32.6 Å². The van der Waals surface area contributed by atoms with Crippen molar-refractivity contribution in [2.75, 3.05) is 6.61 Å². The van der Waals surface area contributed by atoms with E-state index in [0.29, 0.717) is 30.1 Å². The monoisotopic (exact) mass is 366 g/mol. The normalized spacial score (nSPS) is 16.6. The lowest BCUT2D eigenvalue weighted by molar-refractivity contribution is 0.128. The zero-order valence-corrected chi connectivity index (χ0v) is 12.8. The molecule has 0 N–H and O–H groups in total. The van der Waals surface area contributed by atoms with Crippen LogP contribution in [0.2, 0.25) is 5.15 Å². The molecule has 1 aromatic heterocycles. The fraction of sp³-hybridized carbons (Fsp3) is 0.667. The lowest BCUT2D eigenvalue weighted by Crippen LogP contribution is -2.08. The van der Waals surface area contributed by atoms with Crippen molar-refractivity contribution in [1.29, 1.82) is 0 Å². The molecule has 2 rings (SSSR count). The molecule has 1 saturated carbocycles. The number of aromatic nitrogens is 2. The van der Waals surface area contributed by atoms with Gasteiger partial charge in [0.1, 0.15) is 11.8 Å². The Morgan fingerprint density at radius 2 is 2.06 bits per heavy atom. The maximum atomic E-state index is 6.16. The molecular weight excluding hydrogens is 351 g/mol. The summed E-state index contributed by atoms with van der Waals surface area (Å²) in [5.41, 5.74) is 1.12. The van der Waals surface area contributed by atoms with E-state index in [4.69, 9.17) is 16.3 Å². The van der Waals surface area contributed by atoms with E-state index in [1.54, 1.807) is 0 Å². The summed E-state index contributed by atoms with van der Waals surface area (Å²) in [4.78, 5) is 8.89. The molecule has 0 unspecified atom stereocenters. The first-order valence-corrected chi connectivity index (χ1v) is 7.47. The van der Waals surface area contributed by atoms with Crippen LogP contribution in [-0.2, 0) is 11.3 Å². The lowest BCUT2D eigenvalue weighted by Gasteiger charge is -2.13. The third kappa shape index (κ3) is 3.29. The summed E-state index contributed by atoms with van der Waals surface area (Å²) in [7, 11) is 0. The van der Waals surface area contributed by atoms with E-state index in [9.17, 15) is 0 Å². The molecule has 0 amide bonds. The van der Waals surface area contributed by atoms with Crippen LogP contribution in [0.4, 0.5) is 0 Å². The number of halogens is 2. The average molecular weight is 367 g/mol. The predicted molar refractivity (Wildman–Crippen MR) is 76.3 cm³/mol. The Kier molecular flexibility index (Phi) is 4.99. The van der Waals surface area contributed by atoms with Crippen molar-refractivity contribution in [3.8, 4) is 0 Å².